The molecule has 0 aliphatic rings. The highest BCUT2D eigenvalue weighted by atomic mass is 32.2. The Morgan fingerprint density at radius 1 is 1.30 bits per heavy atom. The van der Waals surface area contributed by atoms with Crippen LogP contribution in [0.4, 0.5) is 0 Å². The van der Waals surface area contributed by atoms with Crippen LogP contribution in [-0.4, -0.2) is 32.9 Å². The van der Waals surface area contributed by atoms with Gasteiger partial charge in [-0.25, -0.2) is 8.42 Å². The number of hydrogen-bond donors (Lipinski definition) is 1. The second-order valence-corrected chi connectivity index (χ2v) is 6.67. The Balaban J connectivity index is 3.22. The Morgan fingerprint density at radius 2 is 1.90 bits per heavy atom. The molecule has 1 aromatic rings. The van der Waals surface area contributed by atoms with Crippen LogP contribution in [0.25, 0.3) is 0 Å². The quantitative estimate of drug-likeness (QED) is 0.835. The van der Waals surface area contributed by atoms with Crippen molar-refractivity contribution in [2.75, 3.05) is 14.2 Å². The molecule has 5 nitrogen and oxygen atoms in total. The molecule has 0 saturated heterocycles. The maximum atomic E-state index is 12.6. The standard InChI is InChI=1S/C14H24N2O3S/c1-5-12(6-2)16(3)20(17,18)13-7-8-14(19-4)11(9-13)10-15/h7-9,12H,5-6,10,15H2,1-4H3. The highest BCUT2D eigenvalue weighted by Crippen LogP contribution is 2.25. The van der Waals surface area contributed by atoms with Gasteiger partial charge in [-0.3, -0.25) is 0 Å². The van der Waals surface area contributed by atoms with Gasteiger partial charge in [0.05, 0.1) is 12.0 Å². The van der Waals surface area contributed by atoms with Crippen LogP contribution < -0.4 is 10.5 Å². The number of ether oxygens (including phenoxy) is 1. The van der Waals surface area contributed by atoms with E-state index in [4.69, 9.17) is 10.5 Å². The molecule has 0 radical (unpaired) electrons. The minimum atomic E-state index is -3.50. The van der Waals surface area contributed by atoms with E-state index < -0.39 is 10.0 Å². The Kier molecular flexibility index (Phi) is 5.98. The molecule has 6 heteroatoms. The molecular weight excluding hydrogens is 276 g/mol. The molecule has 0 aliphatic carbocycles. The average molecular weight is 300 g/mol. The zero-order chi connectivity index (χ0) is 15.3. The van der Waals surface area contributed by atoms with E-state index in [9.17, 15) is 8.42 Å². The van der Waals surface area contributed by atoms with Gasteiger partial charge in [-0.2, -0.15) is 4.31 Å². The molecule has 0 atom stereocenters. The third-order valence-corrected chi connectivity index (χ3v) is 5.51. The first-order valence-electron chi connectivity index (χ1n) is 6.77. The van der Waals surface area contributed by atoms with E-state index in [1.807, 2.05) is 13.8 Å². The van der Waals surface area contributed by atoms with Crippen molar-refractivity contribution in [3.63, 3.8) is 0 Å². The summed E-state index contributed by atoms with van der Waals surface area (Å²) in [7, 11) is -0.333. The summed E-state index contributed by atoms with van der Waals surface area (Å²) in [6.07, 6.45) is 1.57. The fourth-order valence-electron chi connectivity index (χ4n) is 2.24. The molecule has 0 heterocycles. The van der Waals surface area contributed by atoms with Crippen LogP contribution in [-0.2, 0) is 16.6 Å². The van der Waals surface area contributed by atoms with Crippen molar-refractivity contribution in [3.05, 3.63) is 23.8 Å². The molecule has 2 N–H and O–H groups in total. The Hall–Kier alpha value is -1.11. The summed E-state index contributed by atoms with van der Waals surface area (Å²) in [6.45, 7) is 4.21. The Bertz CT molecular complexity index is 539. The highest BCUT2D eigenvalue weighted by Gasteiger charge is 2.26. The van der Waals surface area contributed by atoms with Crippen molar-refractivity contribution in [1.29, 1.82) is 0 Å². The summed E-state index contributed by atoms with van der Waals surface area (Å²) in [6, 6.07) is 4.80. The molecule has 0 unspecified atom stereocenters. The Morgan fingerprint density at radius 3 is 2.35 bits per heavy atom. The molecule has 20 heavy (non-hydrogen) atoms. The van der Waals surface area contributed by atoms with E-state index in [1.165, 1.54) is 4.31 Å². The largest absolute Gasteiger partial charge is 0.496 e. The molecule has 114 valence electrons. The lowest BCUT2D eigenvalue weighted by Crippen LogP contribution is -2.36. The molecule has 0 fully saturated rings. The fraction of sp³-hybridized carbons (Fsp3) is 0.571. The highest BCUT2D eigenvalue weighted by molar-refractivity contribution is 7.89. The van der Waals surface area contributed by atoms with E-state index >= 15 is 0 Å². The van der Waals surface area contributed by atoms with Gasteiger partial charge in [-0.1, -0.05) is 13.8 Å². The van der Waals surface area contributed by atoms with E-state index in [0.29, 0.717) is 11.3 Å². The van der Waals surface area contributed by atoms with Crippen molar-refractivity contribution in [1.82, 2.24) is 4.31 Å². The van der Waals surface area contributed by atoms with Gasteiger partial charge in [0.15, 0.2) is 0 Å². The molecule has 0 amide bonds. The number of rotatable bonds is 7. The summed E-state index contributed by atoms with van der Waals surface area (Å²) in [4.78, 5) is 0.258. The van der Waals surface area contributed by atoms with Crippen LogP contribution in [0.1, 0.15) is 32.3 Å². The van der Waals surface area contributed by atoms with Gasteiger partial charge >= 0.3 is 0 Å². The van der Waals surface area contributed by atoms with Gasteiger partial charge in [0.2, 0.25) is 10.0 Å². The van der Waals surface area contributed by atoms with Crippen molar-refractivity contribution in [2.24, 2.45) is 5.73 Å². The zero-order valence-electron chi connectivity index (χ0n) is 12.6. The summed E-state index contributed by atoms with van der Waals surface area (Å²) < 4.78 is 31.8. The van der Waals surface area contributed by atoms with Crippen molar-refractivity contribution < 1.29 is 13.2 Å². The van der Waals surface area contributed by atoms with Gasteiger partial charge in [-0.15, -0.1) is 0 Å². The van der Waals surface area contributed by atoms with Gasteiger partial charge in [0.1, 0.15) is 5.75 Å². The van der Waals surface area contributed by atoms with E-state index in [-0.39, 0.29) is 17.5 Å². The van der Waals surface area contributed by atoms with Gasteiger partial charge in [0, 0.05) is 25.2 Å². The van der Waals surface area contributed by atoms with Crippen molar-refractivity contribution in [3.8, 4) is 5.75 Å². The predicted octanol–water partition coefficient (Wildman–Crippen LogP) is 1.96. The number of benzene rings is 1. The lowest BCUT2D eigenvalue weighted by Gasteiger charge is -2.25. The van der Waals surface area contributed by atoms with E-state index in [1.54, 1.807) is 32.4 Å². The van der Waals surface area contributed by atoms with Crippen LogP contribution in [0, 0.1) is 0 Å². The van der Waals surface area contributed by atoms with Crippen molar-refractivity contribution >= 4 is 10.0 Å². The zero-order valence-corrected chi connectivity index (χ0v) is 13.4. The second kappa shape index (κ2) is 7.06. The molecule has 1 rings (SSSR count). The molecule has 1 aromatic carbocycles. The average Bonchev–Trinajstić information content (AvgIpc) is 2.47. The number of methoxy groups -OCH3 is 1. The molecule has 0 bridgehead atoms. The van der Waals surface area contributed by atoms with Gasteiger partial charge < -0.3 is 10.5 Å². The smallest absolute Gasteiger partial charge is 0.243 e. The Labute approximate surface area is 121 Å². The van der Waals surface area contributed by atoms with Crippen LogP contribution in [0.3, 0.4) is 0 Å². The maximum absolute atomic E-state index is 12.6. The molecule has 0 aromatic heterocycles. The lowest BCUT2D eigenvalue weighted by atomic mass is 10.2. The van der Waals surface area contributed by atoms with Crippen LogP contribution >= 0.6 is 0 Å². The van der Waals surface area contributed by atoms with Crippen LogP contribution in [0.2, 0.25) is 0 Å². The fourth-order valence-corrected chi connectivity index (χ4v) is 3.79. The number of sulfonamides is 1. The molecular formula is C14H24N2O3S. The SMILES string of the molecule is CCC(CC)N(C)S(=O)(=O)c1ccc(OC)c(CN)c1. The minimum absolute atomic E-state index is 0.00317. The monoisotopic (exact) mass is 300 g/mol. The number of nitrogens with two attached hydrogens (primary N) is 1. The number of hydrogen-bond acceptors (Lipinski definition) is 4. The van der Waals surface area contributed by atoms with Crippen molar-refractivity contribution in [2.45, 2.75) is 44.2 Å². The first kappa shape index (κ1) is 16.9. The molecule has 0 spiro atoms. The molecule has 0 aliphatic heterocycles. The normalized spacial score (nSPS) is 12.2. The summed E-state index contributed by atoms with van der Waals surface area (Å²) in [5.41, 5.74) is 6.32. The van der Waals surface area contributed by atoms with Crippen LogP contribution in [0.15, 0.2) is 23.1 Å². The topological polar surface area (TPSA) is 72.6 Å². The first-order valence-corrected chi connectivity index (χ1v) is 8.21. The van der Waals surface area contributed by atoms with Crippen LogP contribution in [0.5, 0.6) is 5.75 Å². The number of nitrogens with zero attached hydrogens (tertiary/aromatic N) is 1. The van der Waals surface area contributed by atoms with E-state index in [0.717, 1.165) is 12.8 Å². The second-order valence-electron chi connectivity index (χ2n) is 4.67. The first-order chi connectivity index (χ1) is 9.42. The third kappa shape index (κ3) is 3.31. The van der Waals surface area contributed by atoms with E-state index in [2.05, 4.69) is 0 Å². The van der Waals surface area contributed by atoms with Gasteiger partial charge in [-0.05, 0) is 31.0 Å². The third-order valence-electron chi connectivity index (χ3n) is 3.61. The summed E-state index contributed by atoms with van der Waals surface area (Å²) in [5.74, 6) is 0.608. The summed E-state index contributed by atoms with van der Waals surface area (Å²) >= 11 is 0. The van der Waals surface area contributed by atoms with Gasteiger partial charge in [0.25, 0.3) is 0 Å². The predicted molar refractivity (Wildman–Crippen MR) is 80.2 cm³/mol. The minimum Gasteiger partial charge on any atom is -0.496 e. The summed E-state index contributed by atoms with van der Waals surface area (Å²) in [5, 5.41) is 0. The lowest BCUT2D eigenvalue weighted by molar-refractivity contribution is 0.349. The molecule has 0 saturated carbocycles. The maximum Gasteiger partial charge on any atom is 0.243 e.